The van der Waals surface area contributed by atoms with Crippen LogP contribution in [0.4, 0.5) is 0 Å². The number of nitrogens with one attached hydrogen (secondary N) is 1. The van der Waals surface area contributed by atoms with Gasteiger partial charge in [0.1, 0.15) is 5.54 Å². The number of ether oxygens (including phenoxy) is 1. The fraction of sp³-hybridized carbons (Fsp3) is 0.933. The topological polar surface area (TPSA) is 61.8 Å². The van der Waals surface area contributed by atoms with Gasteiger partial charge in [-0.2, -0.15) is 0 Å². The first-order valence-corrected chi connectivity index (χ1v) is 7.49. The van der Waals surface area contributed by atoms with Crippen LogP contribution in [0.15, 0.2) is 0 Å². The number of carboxylic acids is 1. The molecule has 2 unspecified atom stereocenters. The molecule has 0 aromatic carbocycles. The second kappa shape index (κ2) is 9.32. The Morgan fingerprint density at radius 3 is 2.40 bits per heavy atom. The van der Waals surface area contributed by atoms with Gasteiger partial charge in [-0.25, -0.2) is 0 Å². The summed E-state index contributed by atoms with van der Waals surface area (Å²) < 4.78 is 5.14. The third-order valence-electron chi connectivity index (χ3n) is 3.85. The van der Waals surface area contributed by atoms with Crippen molar-refractivity contribution >= 4 is 5.97 Å². The molecule has 0 aliphatic carbocycles. The van der Waals surface area contributed by atoms with Gasteiger partial charge in [-0.15, -0.1) is 0 Å². The van der Waals surface area contributed by atoms with Crippen LogP contribution in [0.5, 0.6) is 0 Å². The first-order chi connectivity index (χ1) is 9.29. The number of hydrogen-bond donors (Lipinski definition) is 2. The highest BCUT2D eigenvalue weighted by atomic mass is 16.5. The van der Waals surface area contributed by atoms with Crippen LogP contribution < -0.4 is 5.32 Å². The van der Waals surface area contributed by atoms with Gasteiger partial charge >= 0.3 is 5.97 Å². The monoisotopic (exact) mass is 288 g/mol. The number of carboxylic acid groups (broad SMARTS) is 1. The lowest BCUT2D eigenvalue weighted by Gasteiger charge is -2.33. The third-order valence-corrected chi connectivity index (χ3v) is 3.85. The summed E-state index contributed by atoms with van der Waals surface area (Å²) in [6, 6.07) is 0.509. The standard InChI is InChI=1S/C15H32N2O3/c1-7-15(14(18)19,16-12(2)3)9-8-10-17(5)13(4)11-20-6/h12-13,16H,7-11H2,1-6H3,(H,18,19). The summed E-state index contributed by atoms with van der Waals surface area (Å²) in [7, 11) is 3.75. The van der Waals surface area contributed by atoms with Gasteiger partial charge in [0.05, 0.1) is 6.61 Å². The number of nitrogens with zero attached hydrogens (tertiary/aromatic N) is 1. The van der Waals surface area contributed by atoms with Crippen molar-refractivity contribution in [1.82, 2.24) is 10.2 Å². The van der Waals surface area contributed by atoms with E-state index >= 15 is 0 Å². The fourth-order valence-corrected chi connectivity index (χ4v) is 2.44. The average Bonchev–Trinajstić information content (AvgIpc) is 2.36. The van der Waals surface area contributed by atoms with Gasteiger partial charge in [-0.1, -0.05) is 6.92 Å². The van der Waals surface area contributed by atoms with Crippen molar-refractivity contribution in [2.45, 2.75) is 64.6 Å². The summed E-state index contributed by atoms with van der Waals surface area (Å²) >= 11 is 0. The molecule has 0 radical (unpaired) electrons. The maximum absolute atomic E-state index is 11.6. The second-order valence-electron chi connectivity index (χ2n) is 5.93. The summed E-state index contributed by atoms with van der Waals surface area (Å²) in [6.07, 6.45) is 2.09. The molecule has 0 aliphatic heterocycles. The van der Waals surface area contributed by atoms with Crippen LogP contribution in [0.1, 0.15) is 47.0 Å². The summed E-state index contributed by atoms with van der Waals surface area (Å²) in [4.78, 5) is 13.8. The number of hydrogen-bond acceptors (Lipinski definition) is 4. The quantitative estimate of drug-likeness (QED) is 0.608. The van der Waals surface area contributed by atoms with Gasteiger partial charge in [0.2, 0.25) is 0 Å². The van der Waals surface area contributed by atoms with Crippen LogP contribution in [-0.2, 0) is 9.53 Å². The molecule has 0 rings (SSSR count). The predicted molar refractivity (Wildman–Crippen MR) is 82.1 cm³/mol. The van der Waals surface area contributed by atoms with Crippen molar-refractivity contribution < 1.29 is 14.6 Å². The van der Waals surface area contributed by atoms with E-state index in [1.807, 2.05) is 27.8 Å². The number of carbonyl (C=O) groups is 1. The Morgan fingerprint density at radius 2 is 2.00 bits per heavy atom. The summed E-state index contributed by atoms with van der Waals surface area (Å²) in [6.45, 7) is 9.58. The summed E-state index contributed by atoms with van der Waals surface area (Å²) in [5.74, 6) is -0.749. The molecular weight excluding hydrogens is 256 g/mol. The molecule has 0 bridgehead atoms. The predicted octanol–water partition coefficient (Wildman–Crippen LogP) is 1.96. The molecule has 2 atom stereocenters. The van der Waals surface area contributed by atoms with E-state index in [0.29, 0.717) is 25.5 Å². The molecule has 0 heterocycles. The molecule has 20 heavy (non-hydrogen) atoms. The van der Waals surface area contributed by atoms with Crippen LogP contribution in [-0.4, -0.2) is 60.9 Å². The summed E-state index contributed by atoms with van der Waals surface area (Å²) in [5.41, 5.74) is -0.806. The normalized spacial score (nSPS) is 16.4. The van der Waals surface area contributed by atoms with Gasteiger partial charge < -0.3 is 14.7 Å². The first-order valence-electron chi connectivity index (χ1n) is 7.49. The minimum Gasteiger partial charge on any atom is -0.480 e. The van der Waals surface area contributed by atoms with E-state index < -0.39 is 11.5 Å². The Morgan fingerprint density at radius 1 is 1.40 bits per heavy atom. The van der Waals surface area contributed by atoms with Crippen LogP contribution in [0, 0.1) is 0 Å². The molecule has 0 aromatic rings. The minimum atomic E-state index is -0.806. The molecule has 0 aliphatic rings. The molecule has 0 saturated carbocycles. The molecule has 5 nitrogen and oxygen atoms in total. The average molecular weight is 288 g/mol. The third kappa shape index (κ3) is 6.20. The molecule has 2 N–H and O–H groups in total. The molecule has 5 heteroatoms. The highest BCUT2D eigenvalue weighted by Crippen LogP contribution is 2.19. The van der Waals surface area contributed by atoms with Crippen LogP contribution in [0.2, 0.25) is 0 Å². The minimum absolute atomic E-state index is 0.163. The molecule has 0 amide bonds. The zero-order valence-corrected chi connectivity index (χ0v) is 13.9. The number of aliphatic carboxylic acids is 1. The molecule has 0 fully saturated rings. The zero-order chi connectivity index (χ0) is 15.8. The van der Waals surface area contributed by atoms with Crippen molar-refractivity contribution in [3.63, 3.8) is 0 Å². The van der Waals surface area contributed by atoms with E-state index in [1.54, 1.807) is 7.11 Å². The van der Waals surface area contributed by atoms with Crippen molar-refractivity contribution in [3.8, 4) is 0 Å². The van der Waals surface area contributed by atoms with E-state index in [2.05, 4.69) is 17.1 Å². The zero-order valence-electron chi connectivity index (χ0n) is 13.9. The SMILES string of the molecule is CCC(CCCN(C)C(C)COC)(NC(C)C)C(=O)O. The first kappa shape index (κ1) is 19.4. The lowest BCUT2D eigenvalue weighted by atomic mass is 9.89. The molecule has 0 aromatic heterocycles. The molecule has 120 valence electrons. The van der Waals surface area contributed by atoms with Crippen molar-refractivity contribution in [2.75, 3.05) is 27.3 Å². The van der Waals surface area contributed by atoms with E-state index in [-0.39, 0.29) is 6.04 Å². The number of rotatable bonds is 11. The van der Waals surface area contributed by atoms with E-state index in [1.165, 1.54) is 0 Å². The van der Waals surface area contributed by atoms with E-state index in [0.717, 1.165) is 13.0 Å². The van der Waals surface area contributed by atoms with Gasteiger partial charge in [0.25, 0.3) is 0 Å². The van der Waals surface area contributed by atoms with Crippen molar-refractivity contribution in [3.05, 3.63) is 0 Å². The smallest absolute Gasteiger partial charge is 0.323 e. The van der Waals surface area contributed by atoms with E-state index in [9.17, 15) is 9.90 Å². The fourth-order valence-electron chi connectivity index (χ4n) is 2.44. The van der Waals surface area contributed by atoms with Crippen LogP contribution >= 0.6 is 0 Å². The lowest BCUT2D eigenvalue weighted by Crippen LogP contribution is -2.54. The van der Waals surface area contributed by atoms with Crippen LogP contribution in [0.3, 0.4) is 0 Å². The van der Waals surface area contributed by atoms with Gasteiger partial charge in [-0.05, 0) is 53.6 Å². The van der Waals surface area contributed by atoms with Gasteiger partial charge in [-0.3, -0.25) is 10.1 Å². The highest BCUT2D eigenvalue weighted by molar-refractivity contribution is 5.78. The molecular formula is C15H32N2O3. The van der Waals surface area contributed by atoms with Crippen LogP contribution in [0.25, 0.3) is 0 Å². The van der Waals surface area contributed by atoms with Gasteiger partial charge in [0, 0.05) is 19.2 Å². The Kier molecular flexibility index (Phi) is 9.01. The maximum Gasteiger partial charge on any atom is 0.323 e. The van der Waals surface area contributed by atoms with E-state index in [4.69, 9.17) is 4.74 Å². The Bertz CT molecular complexity index is 284. The summed E-state index contributed by atoms with van der Waals surface area (Å²) in [5, 5.41) is 12.8. The molecule has 0 spiro atoms. The Labute approximate surface area is 123 Å². The number of likely N-dealkylation sites (N-methyl/N-ethyl adjacent to an activating group) is 1. The second-order valence-corrected chi connectivity index (χ2v) is 5.93. The Balaban J connectivity index is 4.44. The number of methoxy groups -OCH3 is 1. The molecule has 0 saturated heterocycles. The highest BCUT2D eigenvalue weighted by Gasteiger charge is 2.36. The Hall–Kier alpha value is -0.650. The van der Waals surface area contributed by atoms with Crippen molar-refractivity contribution in [2.24, 2.45) is 0 Å². The maximum atomic E-state index is 11.6. The lowest BCUT2D eigenvalue weighted by molar-refractivity contribution is -0.145. The van der Waals surface area contributed by atoms with Gasteiger partial charge in [0.15, 0.2) is 0 Å². The largest absolute Gasteiger partial charge is 0.480 e. The van der Waals surface area contributed by atoms with Crippen molar-refractivity contribution in [1.29, 1.82) is 0 Å².